The van der Waals surface area contributed by atoms with E-state index >= 15 is 0 Å². The molecule has 0 saturated carbocycles. The predicted octanol–water partition coefficient (Wildman–Crippen LogP) is -2.07. The van der Waals surface area contributed by atoms with Gasteiger partial charge in [-0.2, -0.15) is 8.42 Å². The van der Waals surface area contributed by atoms with E-state index in [-0.39, 0.29) is 11.8 Å². The molecule has 2 fully saturated rings. The summed E-state index contributed by atoms with van der Waals surface area (Å²) in [6, 6.07) is 0. The largest absolute Gasteiger partial charge is 0.481 e. The summed E-state index contributed by atoms with van der Waals surface area (Å²) >= 11 is 0. The second kappa shape index (κ2) is 8.01. The molecule has 11 heteroatoms. The van der Waals surface area contributed by atoms with Crippen LogP contribution in [0.1, 0.15) is 0 Å². The van der Waals surface area contributed by atoms with E-state index in [1.165, 1.54) is 0 Å². The maximum absolute atomic E-state index is 9.94. The normalized spacial score (nSPS) is 18.6. The van der Waals surface area contributed by atoms with E-state index in [0.717, 1.165) is 0 Å². The molecular formula is C8H16N2O8S. The van der Waals surface area contributed by atoms with E-state index in [1.54, 1.807) is 0 Å². The molecule has 10 nitrogen and oxygen atoms in total. The summed E-state index contributed by atoms with van der Waals surface area (Å²) in [7, 11) is -4.67. The zero-order valence-corrected chi connectivity index (χ0v) is 10.6. The van der Waals surface area contributed by atoms with Gasteiger partial charge in [-0.3, -0.25) is 18.7 Å². The lowest BCUT2D eigenvalue weighted by Gasteiger charge is -2.21. The Morgan fingerprint density at radius 1 is 0.842 bits per heavy atom. The molecule has 6 N–H and O–H groups in total. The van der Waals surface area contributed by atoms with Crippen LogP contribution in [0, 0.1) is 11.8 Å². The maximum atomic E-state index is 9.94. The fourth-order valence-corrected chi connectivity index (χ4v) is 0.927. The van der Waals surface area contributed by atoms with Crippen LogP contribution in [0.3, 0.4) is 0 Å². The molecule has 0 aromatic rings. The van der Waals surface area contributed by atoms with E-state index < -0.39 is 22.3 Å². The van der Waals surface area contributed by atoms with Crippen LogP contribution in [-0.4, -0.2) is 65.9 Å². The van der Waals surface area contributed by atoms with Crippen LogP contribution in [0.15, 0.2) is 0 Å². The summed E-state index contributed by atoms with van der Waals surface area (Å²) in [5.41, 5.74) is 0. The second-order valence-corrected chi connectivity index (χ2v) is 4.73. The van der Waals surface area contributed by atoms with Gasteiger partial charge in [0.1, 0.15) is 0 Å². The van der Waals surface area contributed by atoms with Crippen molar-refractivity contribution >= 4 is 22.3 Å². The summed E-state index contributed by atoms with van der Waals surface area (Å²) in [5.74, 6) is -1.59. The van der Waals surface area contributed by atoms with E-state index in [0.29, 0.717) is 26.2 Å². The van der Waals surface area contributed by atoms with Gasteiger partial charge in [-0.25, -0.2) is 0 Å². The summed E-state index contributed by atoms with van der Waals surface area (Å²) in [6.07, 6.45) is 0. The second-order valence-electron chi connectivity index (χ2n) is 3.83. The van der Waals surface area contributed by atoms with Gasteiger partial charge in [-0.05, 0) is 0 Å². The van der Waals surface area contributed by atoms with Crippen molar-refractivity contribution in [3.05, 3.63) is 0 Å². The van der Waals surface area contributed by atoms with Gasteiger partial charge >= 0.3 is 22.3 Å². The van der Waals surface area contributed by atoms with Gasteiger partial charge in [0.15, 0.2) is 0 Å². The van der Waals surface area contributed by atoms with Crippen molar-refractivity contribution in [3.63, 3.8) is 0 Å². The van der Waals surface area contributed by atoms with Crippen LogP contribution in [0.5, 0.6) is 0 Å². The van der Waals surface area contributed by atoms with Crippen LogP contribution in [0.25, 0.3) is 0 Å². The lowest BCUT2D eigenvalue weighted by molar-refractivity contribution is -0.144. The quantitative estimate of drug-likeness (QED) is 0.311. The first kappa shape index (κ1) is 17.7. The van der Waals surface area contributed by atoms with E-state index in [4.69, 9.17) is 27.7 Å². The molecule has 0 atom stereocenters. The predicted molar refractivity (Wildman–Crippen MR) is 62.2 cm³/mol. The van der Waals surface area contributed by atoms with Crippen LogP contribution in [-0.2, 0) is 20.0 Å². The first-order valence-electron chi connectivity index (χ1n) is 5.18. The molecular weight excluding hydrogens is 284 g/mol. The smallest absolute Gasteiger partial charge is 0.394 e. The topological polar surface area (TPSA) is 173 Å². The molecule has 2 aliphatic heterocycles. The standard InChI is InChI=1S/2C4H7NO2.H2O4S/c2*6-4(7)3-1-5-2-3;1-5(2,3)4/h2*3,5H,1-2H2,(H,6,7);(H2,1,2,3,4). The highest BCUT2D eigenvalue weighted by Gasteiger charge is 2.23. The Morgan fingerprint density at radius 3 is 1.05 bits per heavy atom. The Hall–Kier alpha value is -1.27. The van der Waals surface area contributed by atoms with E-state index in [2.05, 4.69) is 10.6 Å². The Balaban J connectivity index is 0.000000261. The molecule has 112 valence electrons. The summed E-state index contributed by atoms with van der Waals surface area (Å²) < 4.78 is 31.6. The number of aliphatic carboxylic acids is 2. The number of hydrogen-bond acceptors (Lipinski definition) is 6. The van der Waals surface area contributed by atoms with Gasteiger partial charge in [0.25, 0.3) is 0 Å². The molecule has 0 unspecified atom stereocenters. The average Bonchev–Trinajstić information content (AvgIpc) is 1.89. The monoisotopic (exact) mass is 300 g/mol. The van der Waals surface area contributed by atoms with Crippen LogP contribution < -0.4 is 10.6 Å². The number of carboxylic acids is 2. The van der Waals surface area contributed by atoms with Gasteiger partial charge in [0, 0.05) is 26.2 Å². The Bertz CT molecular complexity index is 369. The van der Waals surface area contributed by atoms with Crippen molar-refractivity contribution in [3.8, 4) is 0 Å². The minimum Gasteiger partial charge on any atom is -0.481 e. The van der Waals surface area contributed by atoms with Crippen LogP contribution in [0.2, 0.25) is 0 Å². The van der Waals surface area contributed by atoms with E-state index in [9.17, 15) is 9.59 Å². The van der Waals surface area contributed by atoms with Crippen molar-refractivity contribution < 1.29 is 37.3 Å². The minimum absolute atomic E-state index is 0.111. The van der Waals surface area contributed by atoms with Crippen LogP contribution >= 0.6 is 0 Å². The minimum atomic E-state index is -4.67. The van der Waals surface area contributed by atoms with Crippen molar-refractivity contribution in [2.24, 2.45) is 11.8 Å². The molecule has 2 heterocycles. The average molecular weight is 300 g/mol. The third kappa shape index (κ3) is 10.3. The lowest BCUT2D eigenvalue weighted by atomic mass is 10.1. The van der Waals surface area contributed by atoms with Crippen molar-refractivity contribution in [1.82, 2.24) is 10.6 Å². The number of rotatable bonds is 2. The van der Waals surface area contributed by atoms with Gasteiger partial charge in [-0.15, -0.1) is 0 Å². The molecule has 2 rings (SSSR count). The van der Waals surface area contributed by atoms with Crippen molar-refractivity contribution in [2.45, 2.75) is 0 Å². The van der Waals surface area contributed by atoms with Crippen LogP contribution in [0.4, 0.5) is 0 Å². The third-order valence-corrected chi connectivity index (χ3v) is 2.26. The molecule has 2 aliphatic rings. The molecule has 0 amide bonds. The molecule has 0 aliphatic carbocycles. The molecule has 0 aromatic carbocycles. The fourth-order valence-electron chi connectivity index (χ4n) is 0.927. The highest BCUT2D eigenvalue weighted by atomic mass is 32.3. The molecule has 0 spiro atoms. The number of nitrogens with one attached hydrogen (secondary N) is 2. The first-order valence-corrected chi connectivity index (χ1v) is 6.58. The van der Waals surface area contributed by atoms with Crippen molar-refractivity contribution in [2.75, 3.05) is 26.2 Å². The highest BCUT2D eigenvalue weighted by molar-refractivity contribution is 7.79. The Kier molecular flexibility index (Phi) is 7.48. The van der Waals surface area contributed by atoms with E-state index in [1.807, 2.05) is 0 Å². The third-order valence-electron chi connectivity index (χ3n) is 2.26. The Labute approximate surface area is 109 Å². The number of carboxylic acid groups (broad SMARTS) is 2. The van der Waals surface area contributed by atoms with Crippen molar-refractivity contribution in [1.29, 1.82) is 0 Å². The molecule has 0 aromatic heterocycles. The molecule has 2 saturated heterocycles. The molecule has 0 bridgehead atoms. The van der Waals surface area contributed by atoms with Gasteiger partial charge in [0.05, 0.1) is 11.8 Å². The first-order chi connectivity index (χ1) is 8.61. The SMILES string of the molecule is O=C(O)C1CNC1.O=C(O)C1CNC1.O=S(=O)(O)O. The molecule has 19 heavy (non-hydrogen) atoms. The Morgan fingerprint density at radius 2 is 1.05 bits per heavy atom. The van der Waals surface area contributed by atoms with Gasteiger partial charge in [-0.1, -0.05) is 0 Å². The lowest BCUT2D eigenvalue weighted by Crippen LogP contribution is -2.46. The maximum Gasteiger partial charge on any atom is 0.394 e. The summed E-state index contributed by atoms with van der Waals surface area (Å²) in [6.45, 7) is 2.59. The zero-order valence-electron chi connectivity index (χ0n) is 9.81. The van der Waals surface area contributed by atoms with Gasteiger partial charge < -0.3 is 20.8 Å². The fraction of sp³-hybridized carbons (Fsp3) is 0.750. The highest BCUT2D eigenvalue weighted by Crippen LogP contribution is 2.00. The molecule has 0 radical (unpaired) electrons. The number of carbonyl (C=O) groups is 2. The number of hydrogen-bond donors (Lipinski definition) is 6. The zero-order chi connectivity index (χ0) is 15.1. The summed E-state index contributed by atoms with van der Waals surface area (Å²) in [5, 5.41) is 22.1. The van der Waals surface area contributed by atoms with Gasteiger partial charge in [0.2, 0.25) is 0 Å². The summed E-state index contributed by atoms with van der Waals surface area (Å²) in [4.78, 5) is 19.9.